The van der Waals surface area contributed by atoms with Gasteiger partial charge in [-0.1, -0.05) is 51.3 Å². The number of rotatable bonds is 4. The van der Waals surface area contributed by atoms with Crippen molar-refractivity contribution in [3.05, 3.63) is 96.9 Å². The van der Waals surface area contributed by atoms with Gasteiger partial charge in [0, 0.05) is 33.4 Å². The molecule has 0 spiro atoms. The Bertz CT molecular complexity index is 1380. The maximum absolute atomic E-state index is 14.3. The summed E-state index contributed by atoms with van der Waals surface area (Å²) in [5.41, 5.74) is 4.75. The molecule has 1 aliphatic heterocycles. The lowest BCUT2D eigenvalue weighted by Crippen LogP contribution is -2.23. The van der Waals surface area contributed by atoms with Gasteiger partial charge >= 0.3 is 0 Å². The predicted molar refractivity (Wildman–Crippen MR) is 132 cm³/mol. The number of nitrogens with zero attached hydrogens (tertiary/aromatic N) is 3. The molecule has 0 fully saturated rings. The van der Waals surface area contributed by atoms with Crippen LogP contribution < -0.4 is 4.74 Å². The number of hydrogen-bond acceptors (Lipinski definition) is 4. The van der Waals surface area contributed by atoms with Gasteiger partial charge in [0.15, 0.2) is 5.15 Å². The lowest BCUT2D eigenvalue weighted by molar-refractivity contribution is 0.234. The van der Waals surface area contributed by atoms with E-state index in [9.17, 15) is 4.39 Å². The number of fused-ring (bicyclic) bond motifs is 3. The molecule has 8 heteroatoms. The molecule has 4 aromatic rings. The van der Waals surface area contributed by atoms with Crippen LogP contribution in [0.5, 0.6) is 5.75 Å². The molecule has 3 aromatic carbocycles. The Balaban J connectivity index is 1.71. The molecular weight excluding hydrogens is 528 g/mol. The number of hydrogen-bond donors (Lipinski definition) is 0. The Morgan fingerprint density at radius 1 is 1.12 bits per heavy atom. The Kier molecular flexibility index (Phi) is 6.04. The molecule has 5 rings (SSSR count). The number of aryl methyl sites for hydroxylation is 1. The lowest BCUT2D eigenvalue weighted by Gasteiger charge is -2.27. The molecule has 0 bridgehead atoms. The number of ether oxygens (including phenoxy) is 1. The van der Waals surface area contributed by atoms with E-state index >= 15 is 0 Å². The average molecular weight is 547 g/mol. The van der Waals surface area contributed by atoms with Gasteiger partial charge in [0.05, 0.1) is 18.8 Å². The van der Waals surface area contributed by atoms with E-state index in [1.165, 1.54) is 12.1 Å². The second kappa shape index (κ2) is 8.84. The highest BCUT2D eigenvalue weighted by molar-refractivity contribution is 9.10. The van der Waals surface area contributed by atoms with Crippen LogP contribution in [-0.4, -0.2) is 22.2 Å². The van der Waals surface area contributed by atoms with E-state index in [0.29, 0.717) is 23.3 Å². The molecule has 0 saturated heterocycles. The van der Waals surface area contributed by atoms with E-state index < -0.39 is 0 Å². The SMILES string of the molecule is COc1ccc(CN2Cc3c(c(Br)cc4c(Cl)nnc(C)c34)C2c2cc(F)ccc2Cl)cc1. The maximum Gasteiger partial charge on any atom is 0.159 e. The summed E-state index contributed by atoms with van der Waals surface area (Å²) in [5.74, 6) is 0.472. The van der Waals surface area contributed by atoms with Crippen molar-refractivity contribution in [2.45, 2.75) is 26.1 Å². The van der Waals surface area contributed by atoms with E-state index in [-0.39, 0.29) is 11.9 Å². The maximum atomic E-state index is 14.3. The summed E-state index contributed by atoms with van der Waals surface area (Å²) < 4.78 is 20.5. The van der Waals surface area contributed by atoms with Crippen LogP contribution in [0.1, 0.15) is 34.0 Å². The third-order valence-electron chi connectivity index (χ3n) is 6.09. The van der Waals surface area contributed by atoms with Crippen molar-refractivity contribution in [3.63, 3.8) is 0 Å². The van der Waals surface area contributed by atoms with Crippen LogP contribution in [0.3, 0.4) is 0 Å². The Morgan fingerprint density at radius 3 is 2.61 bits per heavy atom. The second-order valence-corrected chi connectivity index (χ2v) is 9.69. The van der Waals surface area contributed by atoms with Crippen LogP contribution in [-0.2, 0) is 13.1 Å². The standard InChI is InChI=1S/C25H19BrCl2FN3O/c1-13-22-18(25(28)31-30-13)10-20(26)23-19(22)12-32(11-14-3-6-16(33-2)7-4-14)24(23)17-9-15(29)5-8-21(17)27/h3-10,24H,11-12H2,1-2H3. The first kappa shape index (κ1) is 22.5. The van der Waals surface area contributed by atoms with Crippen molar-refractivity contribution in [3.8, 4) is 5.75 Å². The fourth-order valence-electron chi connectivity index (χ4n) is 4.64. The molecule has 0 amide bonds. The third kappa shape index (κ3) is 3.99. The van der Waals surface area contributed by atoms with Crippen molar-refractivity contribution in [1.82, 2.24) is 15.1 Å². The van der Waals surface area contributed by atoms with E-state index in [0.717, 1.165) is 48.9 Å². The summed E-state index contributed by atoms with van der Waals surface area (Å²) in [6, 6.07) is 14.2. The molecule has 1 aromatic heterocycles. The summed E-state index contributed by atoms with van der Waals surface area (Å²) in [6.07, 6.45) is 0. The minimum atomic E-state index is -0.325. The summed E-state index contributed by atoms with van der Waals surface area (Å²) in [7, 11) is 1.65. The topological polar surface area (TPSA) is 38.2 Å². The number of methoxy groups -OCH3 is 1. The minimum Gasteiger partial charge on any atom is -0.497 e. The molecule has 0 saturated carbocycles. The van der Waals surface area contributed by atoms with Gasteiger partial charge in [-0.2, -0.15) is 5.10 Å². The molecular formula is C25H19BrCl2FN3O. The van der Waals surface area contributed by atoms with E-state index in [1.807, 2.05) is 37.3 Å². The van der Waals surface area contributed by atoms with Crippen molar-refractivity contribution in [1.29, 1.82) is 0 Å². The van der Waals surface area contributed by atoms with Crippen LogP contribution >= 0.6 is 39.1 Å². The molecule has 2 heterocycles. The van der Waals surface area contributed by atoms with Crippen LogP contribution in [0.25, 0.3) is 10.8 Å². The van der Waals surface area contributed by atoms with Gasteiger partial charge in [0.2, 0.25) is 0 Å². The zero-order chi connectivity index (χ0) is 23.3. The highest BCUT2D eigenvalue weighted by Crippen LogP contribution is 2.48. The highest BCUT2D eigenvalue weighted by Gasteiger charge is 2.37. The smallest absolute Gasteiger partial charge is 0.159 e. The van der Waals surface area contributed by atoms with Gasteiger partial charge in [0.25, 0.3) is 0 Å². The van der Waals surface area contributed by atoms with Crippen LogP contribution in [0.15, 0.2) is 53.0 Å². The first-order valence-corrected chi connectivity index (χ1v) is 11.9. The average Bonchev–Trinajstić information content (AvgIpc) is 3.17. The molecule has 168 valence electrons. The van der Waals surface area contributed by atoms with Crippen molar-refractivity contribution in [2.24, 2.45) is 0 Å². The van der Waals surface area contributed by atoms with E-state index in [4.69, 9.17) is 27.9 Å². The van der Waals surface area contributed by atoms with Gasteiger partial charge < -0.3 is 4.74 Å². The summed E-state index contributed by atoms with van der Waals surface area (Å²) >= 11 is 16.8. The first-order valence-electron chi connectivity index (χ1n) is 10.3. The van der Waals surface area contributed by atoms with E-state index in [2.05, 4.69) is 31.0 Å². The Hall–Kier alpha value is -2.25. The first-order chi connectivity index (χ1) is 15.9. The summed E-state index contributed by atoms with van der Waals surface area (Å²) in [6.45, 7) is 3.18. The molecule has 1 atom stereocenters. The molecule has 0 radical (unpaired) electrons. The van der Waals surface area contributed by atoms with Crippen LogP contribution in [0.4, 0.5) is 4.39 Å². The van der Waals surface area contributed by atoms with Crippen LogP contribution in [0, 0.1) is 12.7 Å². The third-order valence-corrected chi connectivity index (χ3v) is 7.37. The van der Waals surface area contributed by atoms with Crippen LogP contribution in [0.2, 0.25) is 10.2 Å². The van der Waals surface area contributed by atoms with Gasteiger partial charge in [-0.05, 0) is 65.6 Å². The van der Waals surface area contributed by atoms with Gasteiger partial charge in [0.1, 0.15) is 11.6 Å². The van der Waals surface area contributed by atoms with Crippen molar-refractivity contribution < 1.29 is 9.13 Å². The molecule has 33 heavy (non-hydrogen) atoms. The van der Waals surface area contributed by atoms with Gasteiger partial charge in [-0.25, -0.2) is 4.39 Å². The predicted octanol–water partition coefficient (Wildman–Crippen LogP) is 7.26. The molecule has 4 nitrogen and oxygen atoms in total. The molecule has 0 N–H and O–H groups in total. The fraction of sp³-hybridized carbons (Fsp3) is 0.200. The number of halogens is 4. The van der Waals surface area contributed by atoms with Crippen molar-refractivity contribution in [2.75, 3.05) is 7.11 Å². The number of benzene rings is 3. The normalized spacial score (nSPS) is 15.8. The lowest BCUT2D eigenvalue weighted by atomic mass is 9.94. The zero-order valence-corrected chi connectivity index (χ0v) is 21.0. The van der Waals surface area contributed by atoms with Gasteiger partial charge in [-0.3, -0.25) is 4.90 Å². The highest BCUT2D eigenvalue weighted by atomic mass is 79.9. The minimum absolute atomic E-state index is 0.254. The van der Waals surface area contributed by atoms with Crippen molar-refractivity contribution >= 4 is 49.9 Å². The Labute approximate surface area is 209 Å². The summed E-state index contributed by atoms with van der Waals surface area (Å²) in [4.78, 5) is 2.28. The van der Waals surface area contributed by atoms with E-state index in [1.54, 1.807) is 13.2 Å². The fourth-order valence-corrected chi connectivity index (χ4v) is 5.74. The molecule has 1 unspecified atom stereocenters. The molecule has 0 aliphatic carbocycles. The largest absolute Gasteiger partial charge is 0.497 e. The summed E-state index contributed by atoms with van der Waals surface area (Å²) in [5, 5.41) is 11.0. The second-order valence-electron chi connectivity index (χ2n) is 8.07. The Morgan fingerprint density at radius 2 is 1.88 bits per heavy atom. The van der Waals surface area contributed by atoms with Gasteiger partial charge in [-0.15, -0.1) is 5.10 Å². The monoisotopic (exact) mass is 545 g/mol. The zero-order valence-electron chi connectivity index (χ0n) is 17.9. The number of aromatic nitrogens is 2. The molecule has 1 aliphatic rings. The quantitative estimate of drug-likeness (QED) is 0.270.